The second-order valence-corrected chi connectivity index (χ2v) is 8.02. The van der Waals surface area contributed by atoms with Crippen LogP contribution in [0.5, 0.6) is 0 Å². The van der Waals surface area contributed by atoms with Crippen molar-refractivity contribution in [1.29, 1.82) is 0 Å². The van der Waals surface area contributed by atoms with Gasteiger partial charge in [-0.25, -0.2) is 4.79 Å². The Hall–Kier alpha value is -3.09. The van der Waals surface area contributed by atoms with Crippen molar-refractivity contribution < 1.29 is 14.4 Å². The summed E-state index contributed by atoms with van der Waals surface area (Å²) in [5.74, 6) is -0.511. The number of nitrogens with one attached hydrogen (secondary N) is 3. The average Bonchev–Trinajstić information content (AvgIpc) is 3.45. The zero-order chi connectivity index (χ0) is 24.5. The minimum Gasteiger partial charge on any atom is -0.355 e. The minimum atomic E-state index is -0.763. The molecule has 0 radical (unpaired) electrons. The third-order valence-electron chi connectivity index (χ3n) is 4.83. The fourth-order valence-electron chi connectivity index (χ4n) is 2.97. The van der Waals surface area contributed by atoms with Gasteiger partial charge in [0.2, 0.25) is 0 Å². The first kappa shape index (κ1) is 28.9. The van der Waals surface area contributed by atoms with E-state index in [4.69, 9.17) is 11.6 Å². The average molecular weight is 517 g/mol. The first-order chi connectivity index (χ1) is 15.7. The lowest BCUT2D eigenvalue weighted by Gasteiger charge is -2.18. The maximum atomic E-state index is 12.8. The summed E-state index contributed by atoms with van der Waals surface area (Å²) >= 11 is 5.53. The molecule has 2 aromatic rings. The number of aromatic amines is 2. The van der Waals surface area contributed by atoms with Gasteiger partial charge in [-0.2, -0.15) is 5.01 Å². The van der Waals surface area contributed by atoms with Crippen LogP contribution in [-0.2, 0) is 0 Å². The summed E-state index contributed by atoms with van der Waals surface area (Å²) in [7, 11) is 7.26. The Morgan fingerprint density at radius 2 is 1.62 bits per heavy atom. The van der Waals surface area contributed by atoms with Gasteiger partial charge in [-0.1, -0.05) is 0 Å². The molecule has 2 rings (SSSR count). The number of carbonyl (C=O) groups excluding carboxylic acids is 3. The molecule has 0 spiro atoms. The fraction of sp³-hybridized carbons (Fsp3) is 0.450. The summed E-state index contributed by atoms with van der Waals surface area (Å²) in [6.07, 6.45) is 3.83. The predicted molar refractivity (Wildman–Crippen MR) is 134 cm³/mol. The highest BCUT2D eigenvalue weighted by molar-refractivity contribution is 6.18. The number of nitrogens with zero attached hydrogens (tertiary/aromatic N) is 5. The summed E-state index contributed by atoms with van der Waals surface area (Å²) in [6, 6.07) is 2.27. The standard InChI is InChI=1S/C20H29ClN8O4.ClH/c1-26(2)7-5-8-27(3)18(30)17-11-15(13-23-17)28(4)19(31)16-10-14(12-22-16)24-20(32)29(25-33)9-6-21;/h10-13,22-23H,5-9H2,1-4H3,(H,24,32);1H. The number of anilines is 2. The van der Waals surface area contributed by atoms with Crippen molar-refractivity contribution in [2.24, 2.45) is 5.29 Å². The first-order valence-corrected chi connectivity index (χ1v) is 10.7. The van der Waals surface area contributed by atoms with Crippen molar-refractivity contribution in [3.8, 4) is 0 Å². The highest BCUT2D eigenvalue weighted by Crippen LogP contribution is 2.19. The number of rotatable bonds is 11. The molecule has 0 saturated heterocycles. The second-order valence-electron chi connectivity index (χ2n) is 7.65. The Morgan fingerprint density at radius 1 is 0.971 bits per heavy atom. The van der Waals surface area contributed by atoms with Gasteiger partial charge in [-0.3, -0.25) is 9.59 Å². The molecule has 0 fully saturated rings. The molecule has 0 aliphatic rings. The third kappa shape index (κ3) is 7.75. The smallest absolute Gasteiger partial charge is 0.344 e. The molecular weight excluding hydrogens is 487 g/mol. The van der Waals surface area contributed by atoms with Crippen LogP contribution in [0.3, 0.4) is 0 Å². The summed E-state index contributed by atoms with van der Waals surface area (Å²) in [4.78, 5) is 58.9. The van der Waals surface area contributed by atoms with Crippen LogP contribution in [0.25, 0.3) is 0 Å². The van der Waals surface area contributed by atoms with Gasteiger partial charge in [-0.15, -0.1) is 28.9 Å². The van der Waals surface area contributed by atoms with Gasteiger partial charge in [0, 0.05) is 38.9 Å². The predicted octanol–water partition coefficient (Wildman–Crippen LogP) is 2.82. The highest BCUT2D eigenvalue weighted by atomic mass is 35.5. The molecular formula is C20H30Cl2N8O4. The Balaban J connectivity index is 0.00000578. The molecule has 14 heteroatoms. The van der Waals surface area contributed by atoms with E-state index in [-0.39, 0.29) is 48.0 Å². The molecule has 0 atom stereocenters. The Morgan fingerprint density at radius 3 is 2.24 bits per heavy atom. The number of amides is 4. The molecule has 0 saturated carbocycles. The first-order valence-electron chi connectivity index (χ1n) is 10.2. The van der Waals surface area contributed by atoms with E-state index in [0.717, 1.165) is 13.0 Å². The topological polar surface area (TPSA) is 137 Å². The van der Waals surface area contributed by atoms with Gasteiger partial charge in [0.15, 0.2) is 0 Å². The highest BCUT2D eigenvalue weighted by Gasteiger charge is 2.21. The van der Waals surface area contributed by atoms with E-state index >= 15 is 0 Å². The van der Waals surface area contributed by atoms with Gasteiger partial charge < -0.3 is 30.0 Å². The molecule has 12 nitrogen and oxygen atoms in total. The lowest BCUT2D eigenvalue weighted by atomic mass is 10.3. The van der Waals surface area contributed by atoms with Gasteiger partial charge >= 0.3 is 6.03 Å². The number of H-pyrrole nitrogens is 2. The van der Waals surface area contributed by atoms with E-state index in [2.05, 4.69) is 25.5 Å². The van der Waals surface area contributed by atoms with Crippen LogP contribution in [0.15, 0.2) is 29.8 Å². The largest absolute Gasteiger partial charge is 0.355 e. The van der Waals surface area contributed by atoms with Crippen LogP contribution >= 0.6 is 24.0 Å². The molecule has 0 aromatic carbocycles. The third-order valence-corrected chi connectivity index (χ3v) is 5.00. The summed E-state index contributed by atoms with van der Waals surface area (Å²) in [5, 5.41) is 5.70. The van der Waals surface area contributed by atoms with E-state index in [0.29, 0.717) is 22.9 Å². The zero-order valence-corrected chi connectivity index (χ0v) is 21.1. The van der Waals surface area contributed by atoms with E-state index in [1.165, 1.54) is 17.2 Å². The van der Waals surface area contributed by atoms with Crippen molar-refractivity contribution in [2.75, 3.05) is 63.9 Å². The molecule has 0 aliphatic carbocycles. The van der Waals surface area contributed by atoms with E-state index in [1.807, 2.05) is 14.1 Å². The van der Waals surface area contributed by atoms with Crippen LogP contribution in [0.2, 0.25) is 0 Å². The normalized spacial score (nSPS) is 10.4. The fourth-order valence-corrected chi connectivity index (χ4v) is 3.13. The number of alkyl halides is 1. The van der Waals surface area contributed by atoms with Crippen LogP contribution in [0.4, 0.5) is 16.2 Å². The molecule has 0 unspecified atom stereocenters. The maximum Gasteiger partial charge on any atom is 0.344 e. The van der Waals surface area contributed by atoms with Crippen molar-refractivity contribution >= 4 is 53.2 Å². The Labute approximate surface area is 208 Å². The van der Waals surface area contributed by atoms with Crippen LogP contribution in [0.1, 0.15) is 27.4 Å². The molecule has 0 bridgehead atoms. The maximum absolute atomic E-state index is 12.8. The minimum absolute atomic E-state index is 0. The van der Waals surface area contributed by atoms with E-state index in [1.54, 1.807) is 31.3 Å². The van der Waals surface area contributed by atoms with Gasteiger partial charge in [0.1, 0.15) is 11.4 Å². The zero-order valence-electron chi connectivity index (χ0n) is 19.5. The quantitative estimate of drug-likeness (QED) is 0.239. The van der Waals surface area contributed by atoms with Crippen molar-refractivity contribution in [1.82, 2.24) is 24.8 Å². The molecule has 0 aliphatic heterocycles. The van der Waals surface area contributed by atoms with Crippen LogP contribution < -0.4 is 10.2 Å². The SMILES string of the molecule is CN(C)CCCN(C)C(=O)c1cc(N(C)C(=O)c2cc(NC(=O)N(CCCl)N=O)c[nH]2)c[nH]1.Cl. The number of carbonyl (C=O) groups is 3. The number of aromatic nitrogens is 2. The number of hydrogen-bond acceptors (Lipinski definition) is 6. The Kier molecular flexibility index (Phi) is 11.6. The van der Waals surface area contributed by atoms with Crippen molar-refractivity contribution in [3.63, 3.8) is 0 Å². The lowest BCUT2D eigenvalue weighted by Crippen LogP contribution is -2.31. The van der Waals surface area contributed by atoms with Gasteiger partial charge in [-0.05, 0) is 39.2 Å². The number of nitroso groups, excluding NO2 is 1. The van der Waals surface area contributed by atoms with Gasteiger partial charge in [0.25, 0.3) is 11.8 Å². The molecule has 188 valence electrons. The molecule has 4 amide bonds. The monoisotopic (exact) mass is 516 g/mol. The lowest BCUT2D eigenvalue weighted by molar-refractivity contribution is 0.0785. The number of halogens is 2. The van der Waals surface area contributed by atoms with Crippen LogP contribution in [-0.4, -0.2) is 96.3 Å². The van der Waals surface area contributed by atoms with Crippen molar-refractivity contribution in [2.45, 2.75) is 6.42 Å². The number of urea groups is 1. The van der Waals surface area contributed by atoms with Crippen LogP contribution in [0, 0.1) is 4.91 Å². The molecule has 2 heterocycles. The van der Waals surface area contributed by atoms with Gasteiger partial charge in [0.05, 0.1) is 23.2 Å². The molecule has 3 N–H and O–H groups in total. The van der Waals surface area contributed by atoms with E-state index in [9.17, 15) is 19.3 Å². The summed E-state index contributed by atoms with van der Waals surface area (Å²) in [6.45, 7) is 1.44. The Bertz CT molecular complexity index is 977. The van der Waals surface area contributed by atoms with Crippen molar-refractivity contribution in [3.05, 3.63) is 40.8 Å². The summed E-state index contributed by atoms with van der Waals surface area (Å²) < 4.78 is 0. The van der Waals surface area contributed by atoms with E-state index < -0.39 is 6.03 Å². The molecule has 34 heavy (non-hydrogen) atoms. The number of hydrogen-bond donors (Lipinski definition) is 3. The molecule has 2 aromatic heterocycles. The second kappa shape index (κ2) is 13.6. The summed E-state index contributed by atoms with van der Waals surface area (Å²) in [5.41, 5.74) is 1.36.